The van der Waals surface area contributed by atoms with E-state index in [0.717, 1.165) is 18.8 Å². The highest BCUT2D eigenvalue weighted by Crippen LogP contribution is 2.01. The van der Waals surface area contributed by atoms with Gasteiger partial charge >= 0.3 is 0 Å². The van der Waals surface area contributed by atoms with Crippen LogP contribution in [-0.2, 0) is 10.1 Å². The summed E-state index contributed by atoms with van der Waals surface area (Å²) in [6, 6.07) is 0. The van der Waals surface area contributed by atoms with Crippen LogP contribution >= 0.6 is 0 Å². The van der Waals surface area contributed by atoms with Gasteiger partial charge in [-0.2, -0.15) is 8.42 Å². The van der Waals surface area contributed by atoms with Gasteiger partial charge in [-0.25, -0.2) is 0 Å². The molecule has 0 amide bonds. The van der Waals surface area contributed by atoms with E-state index in [1.165, 1.54) is 0 Å². The van der Waals surface area contributed by atoms with E-state index in [-0.39, 0.29) is 5.75 Å². The van der Waals surface area contributed by atoms with Crippen molar-refractivity contribution in [1.82, 2.24) is 9.80 Å². The fraction of sp³-hybridized carbons (Fsp3) is 0.538. The van der Waals surface area contributed by atoms with Crippen molar-refractivity contribution in [2.24, 2.45) is 0 Å². The Hall–Kier alpha value is -1.11. The molecule has 0 aromatic heterocycles. The van der Waals surface area contributed by atoms with Crippen molar-refractivity contribution in [2.45, 2.75) is 6.42 Å². The van der Waals surface area contributed by atoms with Crippen LogP contribution in [0.5, 0.6) is 0 Å². The number of hydrogen-bond acceptors (Lipinski definition) is 4. The van der Waals surface area contributed by atoms with Gasteiger partial charge < -0.3 is 9.80 Å². The summed E-state index contributed by atoms with van der Waals surface area (Å²) in [5.41, 5.74) is 0.895. The topological polar surface area (TPSA) is 60.9 Å². The minimum atomic E-state index is -3.84. The molecule has 0 fully saturated rings. The maximum Gasteiger partial charge on any atom is 0.264 e. The molecule has 0 spiro atoms. The van der Waals surface area contributed by atoms with Gasteiger partial charge in [-0.15, -0.1) is 0 Å². The molecule has 0 rings (SSSR count). The summed E-state index contributed by atoms with van der Waals surface area (Å²) in [7, 11) is 0.0185. The summed E-state index contributed by atoms with van der Waals surface area (Å²) in [6.07, 6.45) is 5.83. The predicted octanol–water partition coefficient (Wildman–Crippen LogP) is 1.38. The van der Waals surface area contributed by atoms with Crippen LogP contribution in [0.3, 0.4) is 0 Å². The Labute approximate surface area is 116 Å². The average Bonchev–Trinajstić information content (AvgIpc) is 2.31. The Morgan fingerprint density at radius 3 is 2.42 bits per heavy atom. The molecule has 0 aromatic rings. The molecule has 1 N–H and O–H groups in total. The monoisotopic (exact) mass is 288 g/mol. The summed E-state index contributed by atoms with van der Waals surface area (Å²) < 4.78 is 29.8. The van der Waals surface area contributed by atoms with E-state index in [1.54, 1.807) is 6.08 Å². The van der Waals surface area contributed by atoms with Crippen LogP contribution in [0.4, 0.5) is 0 Å². The molecular weight excluding hydrogens is 264 g/mol. The number of rotatable bonds is 10. The van der Waals surface area contributed by atoms with Gasteiger partial charge in [0.1, 0.15) is 0 Å². The molecule has 0 radical (unpaired) electrons. The van der Waals surface area contributed by atoms with Crippen LogP contribution in [-0.4, -0.2) is 62.3 Å². The molecule has 0 saturated heterocycles. The first-order valence-electron chi connectivity index (χ1n) is 6.09. The third-order valence-corrected chi connectivity index (χ3v) is 3.48. The van der Waals surface area contributed by atoms with Gasteiger partial charge in [0.05, 0.1) is 5.75 Å². The zero-order valence-corrected chi connectivity index (χ0v) is 12.6. The van der Waals surface area contributed by atoms with Gasteiger partial charge in [-0.3, -0.25) is 4.55 Å². The summed E-state index contributed by atoms with van der Waals surface area (Å²) in [4.78, 5) is 4.03. The lowest BCUT2D eigenvalue weighted by Crippen LogP contribution is -2.31. The third-order valence-electron chi connectivity index (χ3n) is 2.67. The van der Waals surface area contributed by atoms with Crippen LogP contribution in [0.2, 0.25) is 0 Å². The van der Waals surface area contributed by atoms with Gasteiger partial charge in [0.2, 0.25) is 0 Å². The third kappa shape index (κ3) is 10.5. The molecule has 0 aromatic carbocycles. The van der Waals surface area contributed by atoms with Crippen LogP contribution in [0, 0.1) is 0 Å². The number of likely N-dealkylation sites (N-methyl/N-ethyl adjacent to an activating group) is 2. The van der Waals surface area contributed by atoms with Crippen molar-refractivity contribution >= 4 is 10.1 Å². The van der Waals surface area contributed by atoms with Gasteiger partial charge in [0, 0.05) is 25.8 Å². The Bertz CT molecular complexity index is 416. The van der Waals surface area contributed by atoms with Crippen molar-refractivity contribution in [2.75, 3.05) is 39.5 Å². The minimum Gasteiger partial charge on any atom is -0.374 e. The van der Waals surface area contributed by atoms with E-state index in [9.17, 15) is 8.42 Å². The second kappa shape index (κ2) is 8.90. The molecule has 0 atom stereocenters. The highest BCUT2D eigenvalue weighted by atomic mass is 32.2. The SMILES string of the molecule is C=C/C=C\C(=C)N(C)CCN(C)CCCS(=O)(=O)O. The van der Waals surface area contributed by atoms with E-state index in [4.69, 9.17) is 4.55 Å². The smallest absolute Gasteiger partial charge is 0.264 e. The van der Waals surface area contributed by atoms with Crippen molar-refractivity contribution < 1.29 is 13.0 Å². The maximum atomic E-state index is 10.6. The van der Waals surface area contributed by atoms with Gasteiger partial charge in [0.15, 0.2) is 0 Å². The van der Waals surface area contributed by atoms with Crippen LogP contribution in [0.25, 0.3) is 0 Å². The molecule has 0 bridgehead atoms. The van der Waals surface area contributed by atoms with Gasteiger partial charge in [-0.05, 0) is 26.1 Å². The molecule has 6 heteroatoms. The van der Waals surface area contributed by atoms with Crippen molar-refractivity contribution in [3.8, 4) is 0 Å². The molecule has 0 saturated carbocycles. The fourth-order valence-corrected chi connectivity index (χ4v) is 1.89. The highest BCUT2D eigenvalue weighted by molar-refractivity contribution is 7.85. The van der Waals surface area contributed by atoms with Crippen LogP contribution in [0.1, 0.15) is 6.42 Å². The standard InChI is InChI=1S/C13H24N2O3S/c1-5-6-8-13(2)15(4)11-10-14(3)9-7-12-19(16,17)18/h5-6,8H,1-2,7,9-12H2,3-4H3,(H,16,17,18)/b8-6-. The molecular formula is C13H24N2O3S. The molecule has 0 aliphatic carbocycles. The molecule has 0 heterocycles. The zero-order valence-electron chi connectivity index (χ0n) is 11.7. The lowest BCUT2D eigenvalue weighted by atomic mass is 10.3. The van der Waals surface area contributed by atoms with E-state index < -0.39 is 10.1 Å². The molecule has 0 unspecified atom stereocenters. The Kier molecular flexibility index (Phi) is 8.38. The van der Waals surface area contributed by atoms with Gasteiger partial charge in [-0.1, -0.05) is 25.3 Å². The second-order valence-electron chi connectivity index (χ2n) is 4.45. The quantitative estimate of drug-likeness (QED) is 0.486. The van der Waals surface area contributed by atoms with Crippen molar-refractivity contribution in [3.05, 3.63) is 37.1 Å². The molecule has 5 nitrogen and oxygen atoms in total. The first-order chi connectivity index (χ1) is 8.76. The first kappa shape index (κ1) is 17.9. The number of nitrogens with zero attached hydrogens (tertiary/aromatic N) is 2. The van der Waals surface area contributed by atoms with E-state index in [1.807, 2.05) is 36.0 Å². The van der Waals surface area contributed by atoms with Crippen molar-refractivity contribution in [1.29, 1.82) is 0 Å². The van der Waals surface area contributed by atoms with E-state index in [0.29, 0.717) is 13.0 Å². The summed E-state index contributed by atoms with van der Waals surface area (Å²) >= 11 is 0. The Balaban J connectivity index is 3.89. The van der Waals surface area contributed by atoms with Crippen molar-refractivity contribution in [3.63, 3.8) is 0 Å². The van der Waals surface area contributed by atoms with E-state index >= 15 is 0 Å². The highest BCUT2D eigenvalue weighted by Gasteiger charge is 2.06. The molecule has 0 aliphatic heterocycles. The van der Waals surface area contributed by atoms with Crippen LogP contribution < -0.4 is 0 Å². The average molecular weight is 288 g/mol. The largest absolute Gasteiger partial charge is 0.374 e. The minimum absolute atomic E-state index is 0.192. The Morgan fingerprint density at radius 1 is 1.26 bits per heavy atom. The first-order valence-corrected chi connectivity index (χ1v) is 7.70. The number of allylic oxidation sites excluding steroid dienone is 3. The fourth-order valence-electron chi connectivity index (χ4n) is 1.40. The van der Waals surface area contributed by atoms with Crippen LogP contribution in [0.15, 0.2) is 37.1 Å². The van der Waals surface area contributed by atoms with E-state index in [2.05, 4.69) is 13.2 Å². The second-order valence-corrected chi connectivity index (χ2v) is 6.02. The maximum absolute atomic E-state index is 10.6. The summed E-state index contributed by atoms with van der Waals surface area (Å²) in [6.45, 7) is 9.74. The Morgan fingerprint density at radius 2 is 1.89 bits per heavy atom. The number of hydrogen-bond donors (Lipinski definition) is 1. The lowest BCUT2D eigenvalue weighted by molar-refractivity contribution is 0.289. The molecule has 0 aliphatic rings. The summed E-state index contributed by atoms with van der Waals surface area (Å²) in [5, 5.41) is 0. The molecule has 19 heavy (non-hydrogen) atoms. The van der Waals surface area contributed by atoms with Gasteiger partial charge in [0.25, 0.3) is 10.1 Å². The lowest BCUT2D eigenvalue weighted by Gasteiger charge is -2.23. The molecule has 110 valence electrons. The predicted molar refractivity (Wildman–Crippen MR) is 79.6 cm³/mol. The summed E-state index contributed by atoms with van der Waals surface area (Å²) in [5.74, 6) is -0.192. The zero-order chi connectivity index (χ0) is 14.9. The normalized spacial score (nSPS) is 12.0.